The van der Waals surface area contributed by atoms with Gasteiger partial charge in [0, 0.05) is 0 Å². The molecule has 0 unspecified atom stereocenters. The van der Waals surface area contributed by atoms with Crippen LogP contribution in [0.5, 0.6) is 0 Å². The average molecular weight is 601 g/mol. The second-order valence-corrected chi connectivity index (χ2v) is 102. The van der Waals surface area contributed by atoms with E-state index in [0.29, 0.717) is 0 Å². The molecule has 0 aromatic heterocycles. The normalized spacial score (nSPS) is 12.0. The zero-order chi connectivity index (χ0) is 4.50. The Labute approximate surface area is 75.2 Å². The molecule has 0 nitrogen and oxygen atoms in total. The van der Waals surface area contributed by atoms with Crippen molar-refractivity contribution in [1.82, 2.24) is 0 Å². The summed E-state index contributed by atoms with van der Waals surface area (Å²) in [4.78, 5) is 0. The quantitative estimate of drug-likeness (QED) is 0.295. The van der Waals surface area contributed by atoms with Crippen molar-refractivity contribution in [3.05, 3.63) is 0 Å². The Kier molecular flexibility index (Phi) is 6.31. The standard InChI is InChI=1S/4HI.Nb/h4*1H;/q;;;;+4/p-4. The molecule has 0 N–H and O–H groups in total. The predicted octanol–water partition coefficient (Wildman–Crippen LogP) is 3.54. The average Bonchev–Trinajstić information content (AvgIpc) is 0.722. The second-order valence-electron chi connectivity index (χ2n) is 0.383. The predicted molar refractivity (Wildman–Crippen MR) is 56.1 cm³/mol. The van der Waals surface area contributed by atoms with E-state index in [1.54, 1.807) is 0 Å². The summed E-state index contributed by atoms with van der Waals surface area (Å²) in [5.41, 5.74) is 0. The number of halogens is 4. The summed E-state index contributed by atoms with van der Waals surface area (Å²) in [6.07, 6.45) is 0. The first-order valence-corrected chi connectivity index (χ1v) is 26.8. The van der Waals surface area contributed by atoms with Crippen LogP contribution in [0.3, 0.4) is 0 Å². The molecule has 0 aromatic carbocycles. The maximum absolute atomic E-state index is 2.54. The van der Waals surface area contributed by atoms with Gasteiger partial charge in [-0.3, -0.25) is 0 Å². The van der Waals surface area contributed by atoms with Crippen LogP contribution in [0, 0.1) is 0 Å². The summed E-state index contributed by atoms with van der Waals surface area (Å²) in [5.74, 6) is 0. The number of rotatable bonds is 0. The molecule has 0 aromatic rings. The van der Waals surface area contributed by atoms with Crippen molar-refractivity contribution < 1.29 is 1.87 Å². The molecule has 33 valence electrons. The molecule has 0 fully saturated rings. The Morgan fingerprint density at radius 3 is 0.800 bits per heavy atom. The molecule has 0 atom stereocenters. The second kappa shape index (κ2) is 3.64. The van der Waals surface area contributed by atoms with Crippen molar-refractivity contribution >= 4 is 76.1 Å². The van der Waals surface area contributed by atoms with Crippen LogP contribution >= 0.6 is 76.1 Å². The zero-order valence-corrected chi connectivity index (χ0v) is 12.8. The number of hydrogen-bond donors (Lipinski definition) is 0. The molecule has 0 aliphatic rings. The van der Waals surface area contributed by atoms with Crippen LogP contribution in [0.15, 0.2) is 0 Å². The van der Waals surface area contributed by atoms with Crippen molar-refractivity contribution in [1.29, 1.82) is 0 Å². The van der Waals surface area contributed by atoms with E-state index in [4.69, 9.17) is 0 Å². The Balaban J connectivity index is 3.02. The third kappa shape index (κ3) is 18.3. The van der Waals surface area contributed by atoms with Crippen molar-refractivity contribution in [2.45, 2.75) is 0 Å². The molecular formula is I4Nb. The van der Waals surface area contributed by atoms with E-state index in [1.807, 2.05) is 0 Å². The van der Waals surface area contributed by atoms with Crippen molar-refractivity contribution in [2.75, 3.05) is 0 Å². The van der Waals surface area contributed by atoms with Crippen molar-refractivity contribution in [3.63, 3.8) is 0 Å². The van der Waals surface area contributed by atoms with Gasteiger partial charge in [-0.15, -0.1) is 0 Å². The van der Waals surface area contributed by atoms with Gasteiger partial charge >= 0.3 is 78.0 Å². The Bertz CT molecular complexity index is 19.1. The fraction of sp³-hybridized carbons (Fsp3) is 0. The van der Waals surface area contributed by atoms with Crippen LogP contribution in [0.25, 0.3) is 0 Å². The molecule has 0 heterocycles. The topological polar surface area (TPSA) is 0 Å². The molecule has 0 radical (unpaired) electrons. The zero-order valence-electron chi connectivity index (χ0n) is 1.96. The van der Waals surface area contributed by atoms with Gasteiger partial charge in [-0.25, -0.2) is 0 Å². The number of hydrogen-bond acceptors (Lipinski definition) is 0. The first kappa shape index (κ1) is 8.66. The Morgan fingerprint density at radius 1 is 0.800 bits per heavy atom. The van der Waals surface area contributed by atoms with Gasteiger partial charge in [0.15, 0.2) is 0 Å². The fourth-order valence-corrected chi connectivity index (χ4v) is 0. The first-order valence-electron chi connectivity index (χ1n) is 0.676. The van der Waals surface area contributed by atoms with Crippen LogP contribution in [-0.2, 0) is 1.87 Å². The third-order valence-corrected chi connectivity index (χ3v) is 0. The summed E-state index contributed by atoms with van der Waals surface area (Å²) in [5, 5.41) is 0. The van der Waals surface area contributed by atoms with Crippen LogP contribution in [0.4, 0.5) is 0 Å². The molecule has 0 aliphatic carbocycles. The van der Waals surface area contributed by atoms with Crippen LogP contribution in [-0.4, -0.2) is 0 Å². The van der Waals surface area contributed by atoms with Crippen molar-refractivity contribution in [2.24, 2.45) is 0 Å². The molecule has 0 rings (SSSR count). The van der Waals surface area contributed by atoms with E-state index in [-0.39, 0.29) is 0 Å². The molecule has 0 bridgehead atoms. The monoisotopic (exact) mass is 601 g/mol. The summed E-state index contributed by atoms with van der Waals surface area (Å²) in [6.45, 7) is 0. The van der Waals surface area contributed by atoms with Gasteiger partial charge in [-0.1, -0.05) is 0 Å². The van der Waals surface area contributed by atoms with Gasteiger partial charge in [0.2, 0.25) is 0 Å². The van der Waals surface area contributed by atoms with E-state index < -0.39 is 1.87 Å². The molecule has 0 spiro atoms. The third-order valence-electron chi connectivity index (χ3n) is 0. The Morgan fingerprint density at radius 2 is 0.800 bits per heavy atom. The summed E-state index contributed by atoms with van der Waals surface area (Å²) in [7, 11) is 0. The molecule has 0 saturated carbocycles. The molecule has 0 aliphatic heterocycles. The van der Waals surface area contributed by atoms with E-state index in [2.05, 4.69) is 76.1 Å². The van der Waals surface area contributed by atoms with E-state index >= 15 is 0 Å². The van der Waals surface area contributed by atoms with Gasteiger partial charge in [0.05, 0.1) is 0 Å². The maximum atomic E-state index is 2.54. The van der Waals surface area contributed by atoms with E-state index in [1.165, 1.54) is 0 Å². The molecule has 5 heavy (non-hydrogen) atoms. The summed E-state index contributed by atoms with van der Waals surface area (Å²) >= 11 is 10.2. The SMILES string of the molecule is [I][Nb]([I])([I])[I]. The van der Waals surface area contributed by atoms with E-state index in [9.17, 15) is 0 Å². The first-order chi connectivity index (χ1) is 2.00. The molecule has 0 amide bonds. The Hall–Kier alpha value is 3.66. The van der Waals surface area contributed by atoms with Gasteiger partial charge < -0.3 is 0 Å². The molecular weight excluding hydrogens is 601 g/mol. The van der Waals surface area contributed by atoms with Gasteiger partial charge in [0.25, 0.3) is 0 Å². The minimum atomic E-state index is -1.22. The van der Waals surface area contributed by atoms with Crippen molar-refractivity contribution in [3.8, 4) is 0 Å². The van der Waals surface area contributed by atoms with Gasteiger partial charge in [-0.2, -0.15) is 0 Å². The van der Waals surface area contributed by atoms with Crippen LogP contribution in [0.1, 0.15) is 0 Å². The van der Waals surface area contributed by atoms with Crippen LogP contribution < -0.4 is 0 Å². The van der Waals surface area contributed by atoms with E-state index in [0.717, 1.165) is 0 Å². The summed E-state index contributed by atoms with van der Waals surface area (Å²) in [6, 6.07) is 0. The molecule has 0 saturated heterocycles. The van der Waals surface area contributed by atoms with Crippen LogP contribution in [0.2, 0.25) is 0 Å². The molecule has 5 heteroatoms. The van der Waals surface area contributed by atoms with Gasteiger partial charge in [0.1, 0.15) is 0 Å². The fourth-order valence-electron chi connectivity index (χ4n) is 0. The minimum absolute atomic E-state index is 1.22. The summed E-state index contributed by atoms with van der Waals surface area (Å²) < 4.78 is -1.22. The van der Waals surface area contributed by atoms with Gasteiger partial charge in [-0.05, 0) is 0 Å².